The van der Waals surface area contributed by atoms with Gasteiger partial charge in [-0.3, -0.25) is 9.48 Å². The van der Waals surface area contributed by atoms with Gasteiger partial charge in [0.15, 0.2) is 5.11 Å². The number of aryl methyl sites for hydroxylation is 2. The highest BCUT2D eigenvalue weighted by Gasteiger charge is 2.34. The first kappa shape index (κ1) is 19.4. The number of nitrogens with zero attached hydrogens (tertiary/aromatic N) is 4. The van der Waals surface area contributed by atoms with Gasteiger partial charge in [0.1, 0.15) is 29.6 Å². The lowest BCUT2D eigenvalue weighted by Gasteiger charge is -2.11. The van der Waals surface area contributed by atoms with Crippen molar-refractivity contribution in [1.29, 1.82) is 5.26 Å². The van der Waals surface area contributed by atoms with Crippen LogP contribution < -0.4 is 15.0 Å². The fourth-order valence-corrected chi connectivity index (χ4v) is 3.32. The third-order valence-electron chi connectivity index (χ3n) is 4.44. The fourth-order valence-electron chi connectivity index (χ4n) is 3.03. The molecule has 1 saturated heterocycles. The molecule has 2 aromatic heterocycles. The van der Waals surface area contributed by atoms with Crippen LogP contribution in [0.25, 0.3) is 6.08 Å². The van der Waals surface area contributed by atoms with Crippen LogP contribution >= 0.6 is 12.2 Å². The van der Waals surface area contributed by atoms with E-state index in [9.17, 15) is 4.79 Å². The molecule has 1 aliphatic rings. The van der Waals surface area contributed by atoms with E-state index in [4.69, 9.17) is 26.6 Å². The Hall–Kier alpha value is -3.90. The Balaban J connectivity index is 1.46. The number of benzene rings is 1. The minimum Gasteiger partial charge on any atom is -0.486 e. The first-order valence-electron chi connectivity index (χ1n) is 9.03. The lowest BCUT2D eigenvalue weighted by Crippen LogP contribution is -2.30. The Bertz CT molecular complexity index is 1200. The highest BCUT2D eigenvalue weighted by Crippen LogP contribution is 2.25. The van der Waals surface area contributed by atoms with Gasteiger partial charge in [-0.1, -0.05) is 0 Å². The van der Waals surface area contributed by atoms with Crippen molar-refractivity contribution in [2.24, 2.45) is 7.05 Å². The number of nitrogens with one attached hydrogen (secondary N) is 1. The molecule has 4 rings (SSSR count). The van der Waals surface area contributed by atoms with E-state index < -0.39 is 0 Å². The predicted octanol–water partition coefficient (Wildman–Crippen LogP) is 3.03. The molecule has 9 heteroatoms. The van der Waals surface area contributed by atoms with Crippen LogP contribution in [0, 0.1) is 18.3 Å². The third kappa shape index (κ3) is 3.81. The van der Waals surface area contributed by atoms with Gasteiger partial charge >= 0.3 is 0 Å². The van der Waals surface area contributed by atoms with E-state index in [1.54, 1.807) is 60.4 Å². The number of rotatable bonds is 5. The van der Waals surface area contributed by atoms with Gasteiger partial charge in [-0.05, 0) is 55.5 Å². The topological polar surface area (TPSA) is 96.3 Å². The lowest BCUT2D eigenvalue weighted by atomic mass is 10.2. The Labute approximate surface area is 178 Å². The average Bonchev–Trinajstić information content (AvgIpc) is 3.39. The number of carbonyl (C=O) groups is 1. The van der Waals surface area contributed by atoms with Crippen LogP contribution in [-0.4, -0.2) is 20.8 Å². The maximum absolute atomic E-state index is 12.8. The molecule has 0 bridgehead atoms. The van der Waals surface area contributed by atoms with Gasteiger partial charge in [-0.25, -0.2) is 4.90 Å². The summed E-state index contributed by atoms with van der Waals surface area (Å²) in [5.74, 6) is 1.45. The number of nitriles is 1. The van der Waals surface area contributed by atoms with Crippen LogP contribution in [0.4, 0.5) is 5.69 Å². The van der Waals surface area contributed by atoms with Crippen molar-refractivity contribution in [1.82, 2.24) is 15.1 Å². The van der Waals surface area contributed by atoms with E-state index in [1.807, 2.05) is 6.92 Å². The summed E-state index contributed by atoms with van der Waals surface area (Å²) in [6.07, 6.45) is 3.35. The molecular weight excluding hydrogens is 402 g/mol. The predicted molar refractivity (Wildman–Crippen MR) is 113 cm³/mol. The molecule has 1 amide bonds. The molecule has 1 fully saturated rings. The molecule has 1 aliphatic heterocycles. The zero-order chi connectivity index (χ0) is 21.3. The SMILES string of the molecule is Cc1nn(C)cc1N1C(=O)/C(=C\c2ccc(COc3ccc(C#N)cc3)o2)NC1=S. The molecular formula is C21H17N5O3S. The molecule has 0 saturated carbocycles. The average molecular weight is 419 g/mol. The highest BCUT2D eigenvalue weighted by molar-refractivity contribution is 7.80. The molecule has 0 radical (unpaired) electrons. The van der Waals surface area contributed by atoms with Crippen molar-refractivity contribution in [3.05, 3.63) is 71.1 Å². The van der Waals surface area contributed by atoms with Gasteiger partial charge in [0.25, 0.3) is 5.91 Å². The molecule has 0 aliphatic carbocycles. The van der Waals surface area contributed by atoms with Crippen molar-refractivity contribution in [3.63, 3.8) is 0 Å². The van der Waals surface area contributed by atoms with E-state index in [1.165, 1.54) is 4.90 Å². The number of anilines is 1. The summed E-state index contributed by atoms with van der Waals surface area (Å²) in [4.78, 5) is 14.3. The number of thiocarbonyl (C=S) groups is 1. The summed E-state index contributed by atoms with van der Waals surface area (Å²) in [6.45, 7) is 2.04. The first-order valence-corrected chi connectivity index (χ1v) is 9.44. The molecule has 1 N–H and O–H groups in total. The quantitative estimate of drug-likeness (QED) is 0.502. The second kappa shape index (κ2) is 7.85. The minimum absolute atomic E-state index is 0.218. The second-order valence-corrected chi connectivity index (χ2v) is 7.02. The summed E-state index contributed by atoms with van der Waals surface area (Å²) in [6, 6.07) is 12.4. The maximum atomic E-state index is 12.8. The number of hydrogen-bond acceptors (Lipinski definition) is 6. The van der Waals surface area contributed by atoms with Crippen molar-refractivity contribution in [3.8, 4) is 11.8 Å². The highest BCUT2D eigenvalue weighted by atomic mass is 32.1. The van der Waals surface area contributed by atoms with Crippen LogP contribution in [0.3, 0.4) is 0 Å². The molecule has 1 aromatic carbocycles. The second-order valence-electron chi connectivity index (χ2n) is 6.63. The van der Waals surface area contributed by atoms with Crippen molar-refractivity contribution < 1.29 is 13.9 Å². The molecule has 0 spiro atoms. The molecule has 3 heterocycles. The van der Waals surface area contributed by atoms with Crippen molar-refractivity contribution in [2.45, 2.75) is 13.5 Å². The van der Waals surface area contributed by atoms with E-state index in [0.717, 1.165) is 0 Å². The van der Waals surface area contributed by atoms with Gasteiger partial charge in [0, 0.05) is 19.3 Å². The molecule has 0 atom stereocenters. The number of aromatic nitrogens is 2. The van der Waals surface area contributed by atoms with Gasteiger partial charge in [0.05, 0.1) is 23.0 Å². The number of hydrogen-bond donors (Lipinski definition) is 1. The van der Waals surface area contributed by atoms with Crippen LogP contribution in [0.2, 0.25) is 0 Å². The largest absolute Gasteiger partial charge is 0.486 e. The number of amides is 1. The zero-order valence-corrected chi connectivity index (χ0v) is 17.1. The minimum atomic E-state index is -0.275. The molecule has 8 nitrogen and oxygen atoms in total. The van der Waals surface area contributed by atoms with Gasteiger partial charge in [-0.15, -0.1) is 0 Å². The smallest absolute Gasteiger partial charge is 0.281 e. The summed E-state index contributed by atoms with van der Waals surface area (Å²) < 4.78 is 13.0. The monoisotopic (exact) mass is 419 g/mol. The van der Waals surface area contributed by atoms with E-state index in [-0.39, 0.29) is 12.5 Å². The number of carbonyl (C=O) groups excluding carboxylic acids is 1. The standard InChI is InChI=1S/C21H17N5O3S/c1-13-19(11-25(2)24-13)26-20(27)18(23-21(26)30)9-16-7-8-17(29-16)12-28-15-5-3-14(10-22)4-6-15/h3-9,11H,12H2,1-2H3,(H,23,30)/b18-9+. The summed E-state index contributed by atoms with van der Waals surface area (Å²) in [7, 11) is 1.79. The molecule has 3 aromatic rings. The maximum Gasteiger partial charge on any atom is 0.281 e. The van der Waals surface area contributed by atoms with Gasteiger partial charge < -0.3 is 14.5 Å². The van der Waals surface area contributed by atoms with Gasteiger partial charge in [0.2, 0.25) is 0 Å². The van der Waals surface area contributed by atoms with Crippen molar-refractivity contribution >= 4 is 35.0 Å². The van der Waals surface area contributed by atoms with E-state index in [2.05, 4.69) is 16.5 Å². The van der Waals surface area contributed by atoms with Crippen LogP contribution in [0.1, 0.15) is 22.8 Å². The van der Waals surface area contributed by atoms with Crippen LogP contribution in [-0.2, 0) is 18.4 Å². The fraction of sp³-hybridized carbons (Fsp3) is 0.143. The Morgan fingerprint density at radius 1 is 1.30 bits per heavy atom. The first-order chi connectivity index (χ1) is 14.4. The lowest BCUT2D eigenvalue weighted by molar-refractivity contribution is -0.113. The Kier molecular flexibility index (Phi) is 5.08. The van der Waals surface area contributed by atoms with E-state index >= 15 is 0 Å². The molecule has 30 heavy (non-hydrogen) atoms. The van der Waals surface area contributed by atoms with E-state index in [0.29, 0.717) is 45.0 Å². The number of ether oxygens (including phenoxy) is 1. The normalized spacial score (nSPS) is 14.8. The summed E-state index contributed by atoms with van der Waals surface area (Å²) in [5, 5.41) is 16.3. The zero-order valence-electron chi connectivity index (χ0n) is 16.2. The van der Waals surface area contributed by atoms with Gasteiger partial charge in [-0.2, -0.15) is 10.4 Å². The molecule has 150 valence electrons. The summed E-state index contributed by atoms with van der Waals surface area (Å²) >= 11 is 5.33. The number of furan rings is 1. The summed E-state index contributed by atoms with van der Waals surface area (Å²) in [5.41, 5.74) is 2.23. The Morgan fingerprint density at radius 3 is 2.73 bits per heavy atom. The Morgan fingerprint density at radius 2 is 2.07 bits per heavy atom. The van der Waals surface area contributed by atoms with Crippen molar-refractivity contribution in [2.75, 3.05) is 4.90 Å². The van der Waals surface area contributed by atoms with Crippen LogP contribution in [0.5, 0.6) is 5.75 Å². The molecule has 0 unspecified atom stereocenters. The van der Waals surface area contributed by atoms with Crippen LogP contribution in [0.15, 0.2) is 52.7 Å². The third-order valence-corrected chi connectivity index (χ3v) is 4.72.